The highest BCUT2D eigenvalue weighted by atomic mass is 16.6. The fraction of sp³-hybridized carbons (Fsp3) is 0.621. The lowest BCUT2D eigenvalue weighted by Gasteiger charge is -2.21. The molecule has 1 aromatic rings. The highest BCUT2D eigenvalue weighted by Crippen LogP contribution is 2.15. The zero-order valence-electron chi connectivity index (χ0n) is 22.4. The fourth-order valence-corrected chi connectivity index (χ4v) is 4.01. The minimum absolute atomic E-state index is 0.0578. The van der Waals surface area contributed by atoms with E-state index in [1.54, 1.807) is 0 Å². The zero-order chi connectivity index (χ0) is 28.2. The molecule has 9 nitrogen and oxygen atoms in total. The minimum atomic E-state index is -2.23. The summed E-state index contributed by atoms with van der Waals surface area (Å²) in [7, 11) is 0. The first-order chi connectivity index (χ1) is 18.3. The lowest BCUT2D eigenvalue weighted by atomic mass is 10.0. The Morgan fingerprint density at radius 2 is 1.13 bits per heavy atom. The van der Waals surface area contributed by atoms with Crippen LogP contribution in [0.4, 0.5) is 0 Å². The Hall–Kier alpha value is -3.41. The van der Waals surface area contributed by atoms with Crippen LogP contribution >= 0.6 is 0 Å². The number of esters is 2. The maximum atomic E-state index is 12.3. The van der Waals surface area contributed by atoms with Gasteiger partial charge in [0, 0.05) is 6.42 Å². The van der Waals surface area contributed by atoms with E-state index >= 15 is 0 Å². The number of ether oxygens (including phenoxy) is 2. The molecule has 2 N–H and O–H groups in total. The van der Waals surface area contributed by atoms with Crippen LogP contribution in [0.25, 0.3) is 0 Å². The lowest BCUT2D eigenvalue weighted by molar-refractivity contribution is -0.179. The average Bonchev–Trinajstić information content (AvgIpc) is 2.90. The van der Waals surface area contributed by atoms with Crippen LogP contribution in [-0.4, -0.2) is 46.3 Å². The molecule has 0 saturated carbocycles. The van der Waals surface area contributed by atoms with E-state index in [4.69, 9.17) is 14.7 Å². The molecular weight excluding hydrogens is 490 g/mol. The first-order valence-electron chi connectivity index (χ1n) is 13.7. The van der Waals surface area contributed by atoms with Gasteiger partial charge in [0.05, 0.1) is 17.2 Å². The molecule has 38 heavy (non-hydrogen) atoms. The highest BCUT2D eigenvalue weighted by Gasteiger charge is 2.40. The van der Waals surface area contributed by atoms with Crippen molar-refractivity contribution in [3.63, 3.8) is 0 Å². The predicted octanol–water partition coefficient (Wildman–Crippen LogP) is 6.04. The van der Waals surface area contributed by atoms with Crippen molar-refractivity contribution >= 4 is 23.9 Å². The second kappa shape index (κ2) is 19.7. The topological polar surface area (TPSA) is 151 Å². The quantitative estimate of drug-likeness (QED) is 0.143. The van der Waals surface area contributed by atoms with Crippen LogP contribution in [0.2, 0.25) is 0 Å². The molecule has 0 heterocycles. The number of carbonyl (C=O) groups is 4. The summed E-state index contributed by atoms with van der Waals surface area (Å²) in [5, 5.41) is 27.7. The number of carboxylic acids is 2. The SMILES string of the molecule is CCCCCCCCCCCCCCCCC(=O)OC(C(=O)O)C(OC(=O)c1ccc(C#N)cc1)C(=O)O. The zero-order valence-corrected chi connectivity index (χ0v) is 22.4. The van der Waals surface area contributed by atoms with Crippen molar-refractivity contribution in [1.82, 2.24) is 0 Å². The van der Waals surface area contributed by atoms with Gasteiger partial charge in [-0.25, -0.2) is 14.4 Å². The first-order valence-corrected chi connectivity index (χ1v) is 13.7. The molecule has 2 atom stereocenters. The molecule has 0 aliphatic heterocycles. The smallest absolute Gasteiger partial charge is 0.349 e. The molecule has 210 valence electrons. The van der Waals surface area contributed by atoms with Gasteiger partial charge >= 0.3 is 23.9 Å². The van der Waals surface area contributed by atoms with Gasteiger partial charge in [0.25, 0.3) is 0 Å². The largest absolute Gasteiger partial charge is 0.478 e. The Balaban J connectivity index is 2.33. The van der Waals surface area contributed by atoms with Crippen LogP contribution in [0, 0.1) is 11.3 Å². The number of carbonyl (C=O) groups excluding carboxylic acids is 2. The van der Waals surface area contributed by atoms with Crippen molar-refractivity contribution in [3.05, 3.63) is 35.4 Å². The molecular formula is C29H41NO8. The summed E-state index contributed by atoms with van der Waals surface area (Å²) in [6, 6.07) is 7.03. The molecule has 0 saturated heterocycles. The van der Waals surface area contributed by atoms with Crippen LogP contribution in [0.3, 0.4) is 0 Å². The molecule has 1 rings (SSSR count). The van der Waals surface area contributed by atoms with E-state index in [0.29, 0.717) is 6.42 Å². The normalized spacial score (nSPS) is 12.2. The van der Waals surface area contributed by atoms with E-state index in [9.17, 15) is 29.4 Å². The van der Waals surface area contributed by atoms with Crippen LogP contribution in [0.15, 0.2) is 24.3 Å². The van der Waals surface area contributed by atoms with Gasteiger partial charge < -0.3 is 19.7 Å². The van der Waals surface area contributed by atoms with E-state index in [1.807, 2.05) is 6.07 Å². The Morgan fingerprint density at radius 1 is 0.711 bits per heavy atom. The lowest BCUT2D eigenvalue weighted by Crippen LogP contribution is -2.45. The average molecular weight is 532 g/mol. The van der Waals surface area contributed by atoms with Crippen molar-refractivity contribution < 1.29 is 38.9 Å². The molecule has 2 unspecified atom stereocenters. The number of rotatable bonds is 21. The van der Waals surface area contributed by atoms with Gasteiger partial charge in [-0.05, 0) is 30.7 Å². The molecule has 0 amide bonds. The maximum absolute atomic E-state index is 12.3. The number of unbranched alkanes of at least 4 members (excludes halogenated alkanes) is 13. The van der Waals surface area contributed by atoms with Gasteiger partial charge in [-0.2, -0.15) is 5.26 Å². The number of hydrogen-bond acceptors (Lipinski definition) is 7. The molecule has 9 heteroatoms. The summed E-state index contributed by atoms with van der Waals surface area (Å²) >= 11 is 0. The summed E-state index contributed by atoms with van der Waals surface area (Å²) in [6.07, 6.45) is 11.6. The van der Waals surface area contributed by atoms with Gasteiger partial charge in [0.1, 0.15) is 0 Å². The second-order valence-electron chi connectivity index (χ2n) is 9.45. The fourth-order valence-electron chi connectivity index (χ4n) is 4.01. The third kappa shape index (κ3) is 13.8. The van der Waals surface area contributed by atoms with E-state index in [2.05, 4.69) is 6.92 Å². The van der Waals surface area contributed by atoms with E-state index in [-0.39, 0.29) is 17.5 Å². The van der Waals surface area contributed by atoms with Crippen molar-refractivity contribution in [2.75, 3.05) is 0 Å². The number of hydrogen-bond donors (Lipinski definition) is 2. The molecule has 0 radical (unpaired) electrons. The highest BCUT2D eigenvalue weighted by molar-refractivity contribution is 5.93. The number of nitrogens with zero attached hydrogens (tertiary/aromatic N) is 1. The summed E-state index contributed by atoms with van der Waals surface area (Å²) in [5.41, 5.74) is 0.199. The van der Waals surface area contributed by atoms with Crippen LogP contribution in [-0.2, 0) is 23.9 Å². The standard InChI is InChI=1S/C29H41NO8/c1-2-3-4-5-6-7-8-9-10-11-12-13-14-15-16-24(31)37-25(27(32)33)26(28(34)35)38-29(36)23-19-17-22(21-30)18-20-23/h17-20,25-26H,2-16H2,1H3,(H,32,33)(H,34,35). The summed E-state index contributed by atoms with van der Waals surface area (Å²) < 4.78 is 9.73. The van der Waals surface area contributed by atoms with Crippen molar-refractivity contribution in [2.45, 2.75) is 115 Å². The van der Waals surface area contributed by atoms with Crippen LogP contribution in [0.1, 0.15) is 119 Å². The molecule has 1 aromatic carbocycles. The summed E-state index contributed by atoms with van der Waals surface area (Å²) in [5.74, 6) is -5.48. The van der Waals surface area contributed by atoms with E-state index in [0.717, 1.165) is 25.7 Å². The molecule has 0 fully saturated rings. The minimum Gasteiger partial charge on any atom is -0.478 e. The van der Waals surface area contributed by atoms with E-state index < -0.39 is 36.1 Å². The summed E-state index contributed by atoms with van der Waals surface area (Å²) in [6.45, 7) is 2.22. The number of carboxylic acid groups (broad SMARTS) is 2. The van der Waals surface area contributed by atoms with Gasteiger partial charge in [-0.15, -0.1) is 0 Å². The monoisotopic (exact) mass is 531 g/mol. The van der Waals surface area contributed by atoms with Crippen LogP contribution in [0.5, 0.6) is 0 Å². The molecule has 0 spiro atoms. The predicted molar refractivity (Wildman–Crippen MR) is 140 cm³/mol. The van der Waals surface area contributed by atoms with Gasteiger partial charge in [0.15, 0.2) is 0 Å². The van der Waals surface area contributed by atoms with E-state index in [1.165, 1.54) is 82.1 Å². The summed E-state index contributed by atoms with van der Waals surface area (Å²) in [4.78, 5) is 47.7. The Labute approximate surface area is 225 Å². The third-order valence-corrected chi connectivity index (χ3v) is 6.24. The van der Waals surface area contributed by atoms with Gasteiger partial charge in [-0.3, -0.25) is 4.79 Å². The Morgan fingerprint density at radius 3 is 1.55 bits per heavy atom. The molecule has 0 aliphatic carbocycles. The number of nitriles is 1. The number of benzene rings is 1. The van der Waals surface area contributed by atoms with Crippen molar-refractivity contribution in [3.8, 4) is 6.07 Å². The third-order valence-electron chi connectivity index (χ3n) is 6.24. The Kier molecular flexibility index (Phi) is 16.9. The van der Waals surface area contributed by atoms with Crippen LogP contribution < -0.4 is 0 Å². The van der Waals surface area contributed by atoms with Gasteiger partial charge in [-0.1, -0.05) is 90.4 Å². The maximum Gasteiger partial charge on any atom is 0.349 e. The molecule has 0 bridgehead atoms. The Bertz CT molecular complexity index is 906. The van der Waals surface area contributed by atoms with Crippen molar-refractivity contribution in [2.24, 2.45) is 0 Å². The van der Waals surface area contributed by atoms with Crippen molar-refractivity contribution in [1.29, 1.82) is 5.26 Å². The number of aliphatic carboxylic acids is 2. The molecule has 0 aliphatic rings. The first kappa shape index (κ1) is 32.6. The molecule has 0 aromatic heterocycles. The van der Waals surface area contributed by atoms with Gasteiger partial charge in [0.2, 0.25) is 12.2 Å². The second-order valence-corrected chi connectivity index (χ2v) is 9.45.